The highest BCUT2D eigenvalue weighted by atomic mass is 127. The number of carbonyl (C=O) groups excluding carboxylic acids is 2. The molecule has 0 aromatic heterocycles. The van der Waals surface area contributed by atoms with Gasteiger partial charge in [-0.25, -0.2) is 5.48 Å². The van der Waals surface area contributed by atoms with E-state index in [2.05, 4.69) is 22.6 Å². The Kier molecular flexibility index (Phi) is 4.88. The summed E-state index contributed by atoms with van der Waals surface area (Å²) in [6.07, 6.45) is 0.530. The quantitative estimate of drug-likeness (QED) is 0.443. The maximum atomic E-state index is 12.4. The number of ether oxygens (including phenoxy) is 2. The van der Waals surface area contributed by atoms with Crippen LogP contribution in [0.2, 0.25) is 0 Å². The van der Waals surface area contributed by atoms with Gasteiger partial charge in [0, 0.05) is 12.1 Å². The minimum atomic E-state index is -0.631. The molecular weight excluding hydrogens is 391 g/mol. The number of rotatable bonds is 4. The number of carbonyl (C=O) groups is 2. The molecule has 2 N–H and O–H groups in total. The molecule has 0 saturated carbocycles. The van der Waals surface area contributed by atoms with Crippen molar-refractivity contribution >= 4 is 34.4 Å². The van der Waals surface area contributed by atoms with Crippen molar-refractivity contribution in [1.29, 1.82) is 0 Å². The van der Waals surface area contributed by atoms with Gasteiger partial charge in [0.2, 0.25) is 0 Å². The van der Waals surface area contributed by atoms with Gasteiger partial charge in [-0.2, -0.15) is 0 Å². The van der Waals surface area contributed by atoms with E-state index in [-0.39, 0.29) is 5.91 Å². The number of methoxy groups -OCH3 is 2. The van der Waals surface area contributed by atoms with Gasteiger partial charge in [0.15, 0.2) is 11.5 Å². The molecule has 0 spiro atoms. The van der Waals surface area contributed by atoms with Gasteiger partial charge in [0.25, 0.3) is 11.8 Å². The van der Waals surface area contributed by atoms with Crippen LogP contribution in [0.15, 0.2) is 12.1 Å². The van der Waals surface area contributed by atoms with Crippen molar-refractivity contribution in [2.24, 2.45) is 0 Å². The number of halogens is 1. The zero-order valence-electron chi connectivity index (χ0n) is 11.6. The first-order chi connectivity index (χ1) is 10.0. The molecule has 1 saturated heterocycles. The molecule has 2 amide bonds. The van der Waals surface area contributed by atoms with Crippen molar-refractivity contribution in [2.75, 3.05) is 20.8 Å². The molecule has 1 aliphatic rings. The van der Waals surface area contributed by atoms with E-state index in [1.165, 1.54) is 19.1 Å². The van der Waals surface area contributed by atoms with Gasteiger partial charge >= 0.3 is 0 Å². The van der Waals surface area contributed by atoms with E-state index in [9.17, 15) is 9.59 Å². The molecule has 1 aromatic rings. The number of amides is 2. The molecule has 21 heavy (non-hydrogen) atoms. The smallest absolute Gasteiger partial charge is 0.266 e. The summed E-state index contributed by atoms with van der Waals surface area (Å²) in [5, 5.41) is 8.66. The molecule has 1 fully saturated rings. The lowest BCUT2D eigenvalue weighted by molar-refractivity contribution is -0.137. The van der Waals surface area contributed by atoms with Gasteiger partial charge in [-0.05, 0) is 41.1 Å². The van der Waals surface area contributed by atoms with Crippen molar-refractivity contribution < 1.29 is 24.3 Å². The summed E-state index contributed by atoms with van der Waals surface area (Å²) < 4.78 is 11.2. The van der Waals surface area contributed by atoms with Crippen molar-refractivity contribution in [3.8, 4) is 11.5 Å². The number of nitrogens with one attached hydrogen (secondary N) is 1. The lowest BCUT2D eigenvalue weighted by Gasteiger charge is -2.39. The maximum Gasteiger partial charge on any atom is 0.266 e. The van der Waals surface area contributed by atoms with Crippen LogP contribution in [0.4, 0.5) is 0 Å². The monoisotopic (exact) mass is 406 g/mol. The van der Waals surface area contributed by atoms with E-state index >= 15 is 0 Å². The van der Waals surface area contributed by atoms with Crippen molar-refractivity contribution in [3.63, 3.8) is 0 Å². The van der Waals surface area contributed by atoms with E-state index in [0.29, 0.717) is 30.0 Å². The van der Waals surface area contributed by atoms with Crippen LogP contribution >= 0.6 is 22.6 Å². The Balaban J connectivity index is 2.28. The highest BCUT2D eigenvalue weighted by Crippen LogP contribution is 2.34. The second kappa shape index (κ2) is 6.48. The Morgan fingerprint density at radius 1 is 1.38 bits per heavy atom. The predicted molar refractivity (Wildman–Crippen MR) is 81.6 cm³/mol. The van der Waals surface area contributed by atoms with Crippen molar-refractivity contribution in [1.82, 2.24) is 10.4 Å². The minimum Gasteiger partial charge on any atom is -0.493 e. The zero-order chi connectivity index (χ0) is 15.6. The molecule has 114 valence electrons. The normalized spacial score (nSPS) is 17.0. The van der Waals surface area contributed by atoms with Crippen molar-refractivity contribution in [3.05, 3.63) is 21.3 Å². The fourth-order valence-corrected chi connectivity index (χ4v) is 3.01. The van der Waals surface area contributed by atoms with E-state index in [0.717, 1.165) is 3.57 Å². The van der Waals surface area contributed by atoms with Gasteiger partial charge in [-0.15, -0.1) is 0 Å². The Hall–Kier alpha value is -1.55. The number of likely N-dealkylation sites (tertiary alicyclic amines) is 1. The molecule has 1 atom stereocenters. The van der Waals surface area contributed by atoms with E-state index in [1.54, 1.807) is 17.6 Å². The molecule has 1 aromatic carbocycles. The topological polar surface area (TPSA) is 88.1 Å². The lowest BCUT2D eigenvalue weighted by atomic mass is 10.0. The molecule has 0 aliphatic carbocycles. The highest BCUT2D eigenvalue weighted by Gasteiger charge is 2.38. The standard InChI is InChI=1S/C13H15IN2O5/c1-20-10-6-7(5-8(14)11(10)21-2)13(18)16-4-3-9(16)12(17)15-19/h5-6,9,19H,3-4H2,1-2H3,(H,15,17). The fraction of sp³-hybridized carbons (Fsp3) is 0.385. The Bertz CT molecular complexity index is 578. The van der Waals surface area contributed by atoms with E-state index < -0.39 is 11.9 Å². The molecular formula is C13H15IN2O5. The molecule has 0 radical (unpaired) electrons. The van der Waals surface area contributed by atoms with Gasteiger partial charge in [0.05, 0.1) is 17.8 Å². The Morgan fingerprint density at radius 3 is 2.57 bits per heavy atom. The first kappa shape index (κ1) is 15.8. The number of hydrogen-bond acceptors (Lipinski definition) is 5. The average molecular weight is 406 g/mol. The summed E-state index contributed by atoms with van der Waals surface area (Å²) in [6, 6.07) is 2.62. The summed E-state index contributed by atoms with van der Waals surface area (Å²) >= 11 is 2.05. The molecule has 2 rings (SSSR count). The largest absolute Gasteiger partial charge is 0.493 e. The number of hydrogen-bond donors (Lipinski definition) is 2. The lowest BCUT2D eigenvalue weighted by Crippen LogP contribution is -2.57. The van der Waals surface area contributed by atoms with E-state index in [4.69, 9.17) is 14.7 Å². The van der Waals surface area contributed by atoms with Crippen LogP contribution in [0.3, 0.4) is 0 Å². The van der Waals surface area contributed by atoms with Crippen LogP contribution in [0, 0.1) is 3.57 Å². The third-order valence-corrected chi connectivity index (χ3v) is 4.18. The van der Waals surface area contributed by atoms with Gasteiger partial charge in [0.1, 0.15) is 6.04 Å². The highest BCUT2D eigenvalue weighted by molar-refractivity contribution is 14.1. The fourth-order valence-electron chi connectivity index (χ4n) is 2.18. The molecule has 8 heteroatoms. The summed E-state index contributed by atoms with van der Waals surface area (Å²) in [7, 11) is 3.02. The second-order valence-electron chi connectivity index (χ2n) is 4.47. The maximum absolute atomic E-state index is 12.4. The molecule has 0 bridgehead atoms. The van der Waals surface area contributed by atoms with Crippen LogP contribution in [0.5, 0.6) is 11.5 Å². The summed E-state index contributed by atoms with van der Waals surface area (Å²) in [6.45, 7) is 0.474. The summed E-state index contributed by atoms with van der Waals surface area (Å²) in [5.74, 6) is 0.151. The zero-order valence-corrected chi connectivity index (χ0v) is 13.7. The van der Waals surface area contributed by atoms with E-state index in [1.807, 2.05) is 0 Å². The van der Waals surface area contributed by atoms with Crippen LogP contribution in [0.25, 0.3) is 0 Å². The number of nitrogens with zero attached hydrogens (tertiary/aromatic N) is 1. The van der Waals surface area contributed by atoms with Gasteiger partial charge in [-0.3, -0.25) is 14.8 Å². The van der Waals surface area contributed by atoms with Crippen LogP contribution in [-0.4, -0.2) is 48.7 Å². The molecule has 1 aliphatic heterocycles. The molecule has 1 heterocycles. The van der Waals surface area contributed by atoms with Crippen LogP contribution in [-0.2, 0) is 4.79 Å². The third kappa shape index (κ3) is 2.91. The second-order valence-corrected chi connectivity index (χ2v) is 5.63. The first-order valence-electron chi connectivity index (χ1n) is 6.20. The Labute approximate surface area is 135 Å². The predicted octanol–water partition coefficient (Wildman–Crippen LogP) is 1.03. The molecule has 1 unspecified atom stereocenters. The summed E-state index contributed by atoms with van der Waals surface area (Å²) in [5.41, 5.74) is 1.99. The number of hydroxylamine groups is 1. The number of benzene rings is 1. The average Bonchev–Trinajstić information content (AvgIpc) is 2.44. The first-order valence-corrected chi connectivity index (χ1v) is 7.27. The van der Waals surface area contributed by atoms with Crippen molar-refractivity contribution in [2.45, 2.75) is 12.5 Å². The molecule has 7 nitrogen and oxygen atoms in total. The minimum absolute atomic E-state index is 0.284. The van der Waals surface area contributed by atoms with Gasteiger partial charge < -0.3 is 14.4 Å². The SMILES string of the molecule is COc1cc(C(=O)N2CCC2C(=O)NO)cc(I)c1OC. The van der Waals surface area contributed by atoms with Crippen LogP contribution < -0.4 is 15.0 Å². The third-order valence-electron chi connectivity index (χ3n) is 3.37. The van der Waals surface area contributed by atoms with Gasteiger partial charge in [-0.1, -0.05) is 0 Å². The Morgan fingerprint density at radius 2 is 2.10 bits per heavy atom. The van der Waals surface area contributed by atoms with Crippen LogP contribution in [0.1, 0.15) is 16.8 Å². The summed E-state index contributed by atoms with van der Waals surface area (Å²) in [4.78, 5) is 25.3.